The minimum absolute atomic E-state index is 0.737. The van der Waals surface area contributed by atoms with E-state index in [4.69, 9.17) is 0 Å². The zero-order chi connectivity index (χ0) is 11.5. The number of likely N-dealkylation sites (tertiary alicyclic amines) is 1. The van der Waals surface area contributed by atoms with E-state index in [1.807, 2.05) is 0 Å². The standard InChI is InChI=1S/C14H28N2/c1-11-7-12(2)9-14(8-11)16-6-4-5-13(10-16)15-3/h11-15H,4-10H2,1-3H3. The fourth-order valence-corrected chi connectivity index (χ4v) is 3.78. The second-order valence-corrected chi connectivity index (χ2v) is 6.19. The van der Waals surface area contributed by atoms with E-state index in [0.29, 0.717) is 0 Å². The van der Waals surface area contributed by atoms with E-state index in [1.54, 1.807) is 0 Å². The molecular weight excluding hydrogens is 196 g/mol. The van der Waals surface area contributed by atoms with Gasteiger partial charge in [-0.1, -0.05) is 13.8 Å². The summed E-state index contributed by atoms with van der Waals surface area (Å²) in [5, 5.41) is 3.45. The second-order valence-electron chi connectivity index (χ2n) is 6.19. The number of hydrogen-bond acceptors (Lipinski definition) is 2. The maximum absolute atomic E-state index is 3.45. The topological polar surface area (TPSA) is 15.3 Å². The summed E-state index contributed by atoms with van der Waals surface area (Å²) in [7, 11) is 2.11. The lowest BCUT2D eigenvalue weighted by Gasteiger charge is -2.43. The van der Waals surface area contributed by atoms with Gasteiger partial charge >= 0.3 is 0 Å². The van der Waals surface area contributed by atoms with Crippen molar-refractivity contribution in [1.82, 2.24) is 10.2 Å². The van der Waals surface area contributed by atoms with Gasteiger partial charge in [-0.3, -0.25) is 4.90 Å². The quantitative estimate of drug-likeness (QED) is 0.775. The summed E-state index contributed by atoms with van der Waals surface area (Å²) in [5.74, 6) is 1.87. The minimum Gasteiger partial charge on any atom is -0.316 e. The number of rotatable bonds is 2. The molecule has 2 nitrogen and oxygen atoms in total. The highest BCUT2D eigenvalue weighted by Gasteiger charge is 2.30. The maximum atomic E-state index is 3.45. The van der Waals surface area contributed by atoms with Crippen LogP contribution in [0.1, 0.15) is 46.0 Å². The fourth-order valence-electron chi connectivity index (χ4n) is 3.78. The van der Waals surface area contributed by atoms with E-state index in [9.17, 15) is 0 Å². The predicted octanol–water partition coefficient (Wildman–Crippen LogP) is 2.49. The number of nitrogens with zero attached hydrogens (tertiary/aromatic N) is 1. The molecule has 1 saturated heterocycles. The molecule has 1 heterocycles. The Kier molecular flexibility index (Phi) is 4.26. The first-order valence-electron chi connectivity index (χ1n) is 7.10. The van der Waals surface area contributed by atoms with Gasteiger partial charge in [-0.2, -0.15) is 0 Å². The van der Waals surface area contributed by atoms with E-state index in [0.717, 1.165) is 23.9 Å². The molecule has 0 amide bonds. The monoisotopic (exact) mass is 224 g/mol. The Hall–Kier alpha value is -0.0800. The average molecular weight is 224 g/mol. The zero-order valence-electron chi connectivity index (χ0n) is 11.2. The third-order valence-corrected chi connectivity index (χ3v) is 4.53. The Balaban J connectivity index is 1.90. The molecule has 16 heavy (non-hydrogen) atoms. The number of hydrogen-bond donors (Lipinski definition) is 1. The Morgan fingerprint density at radius 2 is 1.75 bits per heavy atom. The minimum atomic E-state index is 0.737. The fraction of sp³-hybridized carbons (Fsp3) is 1.00. The molecule has 3 atom stereocenters. The van der Waals surface area contributed by atoms with E-state index >= 15 is 0 Å². The van der Waals surface area contributed by atoms with Crippen molar-refractivity contribution in [3.8, 4) is 0 Å². The van der Waals surface area contributed by atoms with Crippen LogP contribution in [0, 0.1) is 11.8 Å². The van der Waals surface area contributed by atoms with Gasteiger partial charge in [0.15, 0.2) is 0 Å². The number of piperidine rings is 1. The molecule has 2 fully saturated rings. The van der Waals surface area contributed by atoms with Gasteiger partial charge in [0.2, 0.25) is 0 Å². The summed E-state index contributed by atoms with van der Waals surface area (Å²) in [5.41, 5.74) is 0. The molecule has 0 radical (unpaired) electrons. The number of likely N-dealkylation sites (N-methyl/N-ethyl adjacent to an activating group) is 1. The third-order valence-electron chi connectivity index (χ3n) is 4.53. The van der Waals surface area contributed by atoms with Crippen LogP contribution < -0.4 is 5.32 Å². The number of nitrogens with one attached hydrogen (secondary N) is 1. The molecule has 2 heteroatoms. The molecule has 1 N–H and O–H groups in total. The van der Waals surface area contributed by atoms with Crippen molar-refractivity contribution in [2.75, 3.05) is 20.1 Å². The van der Waals surface area contributed by atoms with Gasteiger partial charge in [-0.05, 0) is 57.5 Å². The van der Waals surface area contributed by atoms with Crippen molar-refractivity contribution < 1.29 is 0 Å². The normalized spacial score (nSPS) is 42.2. The zero-order valence-corrected chi connectivity index (χ0v) is 11.2. The van der Waals surface area contributed by atoms with Gasteiger partial charge in [0.1, 0.15) is 0 Å². The first-order valence-corrected chi connectivity index (χ1v) is 7.10. The van der Waals surface area contributed by atoms with Gasteiger partial charge in [-0.15, -0.1) is 0 Å². The molecule has 0 bridgehead atoms. The van der Waals surface area contributed by atoms with Crippen LogP contribution in [0.2, 0.25) is 0 Å². The predicted molar refractivity (Wildman–Crippen MR) is 69.6 cm³/mol. The Morgan fingerprint density at radius 1 is 1.06 bits per heavy atom. The first kappa shape index (κ1) is 12.4. The van der Waals surface area contributed by atoms with Crippen LogP contribution in [0.3, 0.4) is 0 Å². The van der Waals surface area contributed by atoms with Crippen LogP contribution in [0.5, 0.6) is 0 Å². The molecule has 2 aliphatic rings. The second kappa shape index (κ2) is 5.50. The van der Waals surface area contributed by atoms with Crippen molar-refractivity contribution in [3.05, 3.63) is 0 Å². The van der Waals surface area contributed by atoms with E-state index in [-0.39, 0.29) is 0 Å². The highest BCUT2D eigenvalue weighted by Crippen LogP contribution is 2.32. The first-order chi connectivity index (χ1) is 7.69. The largest absolute Gasteiger partial charge is 0.316 e. The SMILES string of the molecule is CNC1CCCN(C2CC(C)CC(C)C2)C1. The highest BCUT2D eigenvalue weighted by molar-refractivity contribution is 4.86. The van der Waals surface area contributed by atoms with Crippen LogP contribution >= 0.6 is 0 Å². The van der Waals surface area contributed by atoms with Gasteiger partial charge in [0.05, 0.1) is 0 Å². The van der Waals surface area contributed by atoms with Crippen LogP contribution in [-0.4, -0.2) is 37.1 Å². The summed E-state index contributed by atoms with van der Waals surface area (Å²) in [6.07, 6.45) is 7.05. The molecule has 0 aromatic heterocycles. The third kappa shape index (κ3) is 2.98. The van der Waals surface area contributed by atoms with Gasteiger partial charge in [0.25, 0.3) is 0 Å². The Morgan fingerprint density at radius 3 is 2.38 bits per heavy atom. The van der Waals surface area contributed by atoms with Crippen LogP contribution in [-0.2, 0) is 0 Å². The lowest BCUT2D eigenvalue weighted by atomic mass is 9.79. The van der Waals surface area contributed by atoms with Gasteiger partial charge < -0.3 is 5.32 Å². The smallest absolute Gasteiger partial charge is 0.0192 e. The van der Waals surface area contributed by atoms with E-state index in [1.165, 1.54) is 45.2 Å². The average Bonchev–Trinajstić information content (AvgIpc) is 2.28. The Labute approximate surface area is 101 Å². The summed E-state index contributed by atoms with van der Waals surface area (Å²) in [4.78, 5) is 2.76. The maximum Gasteiger partial charge on any atom is 0.0192 e. The summed E-state index contributed by atoms with van der Waals surface area (Å²) >= 11 is 0. The summed E-state index contributed by atoms with van der Waals surface area (Å²) in [6.45, 7) is 7.48. The summed E-state index contributed by atoms with van der Waals surface area (Å²) < 4.78 is 0. The molecule has 1 aliphatic heterocycles. The molecule has 1 saturated carbocycles. The Bertz CT molecular complexity index is 207. The van der Waals surface area contributed by atoms with Gasteiger partial charge in [0, 0.05) is 18.6 Å². The molecule has 0 spiro atoms. The molecule has 3 unspecified atom stereocenters. The van der Waals surface area contributed by atoms with Crippen LogP contribution in [0.25, 0.3) is 0 Å². The van der Waals surface area contributed by atoms with Crippen LogP contribution in [0.15, 0.2) is 0 Å². The van der Waals surface area contributed by atoms with Crippen molar-refractivity contribution in [2.45, 2.75) is 58.0 Å². The van der Waals surface area contributed by atoms with E-state index in [2.05, 4.69) is 31.1 Å². The van der Waals surface area contributed by atoms with Crippen molar-refractivity contribution in [3.63, 3.8) is 0 Å². The van der Waals surface area contributed by atoms with Gasteiger partial charge in [-0.25, -0.2) is 0 Å². The lowest BCUT2D eigenvalue weighted by molar-refractivity contribution is 0.0793. The molecule has 0 aromatic rings. The lowest BCUT2D eigenvalue weighted by Crippen LogP contribution is -2.50. The highest BCUT2D eigenvalue weighted by atomic mass is 15.2. The molecule has 1 aliphatic carbocycles. The molecule has 0 aromatic carbocycles. The molecule has 94 valence electrons. The molecule has 2 rings (SSSR count). The molecular formula is C14H28N2. The van der Waals surface area contributed by atoms with Crippen molar-refractivity contribution in [1.29, 1.82) is 0 Å². The van der Waals surface area contributed by atoms with E-state index < -0.39 is 0 Å². The van der Waals surface area contributed by atoms with Crippen molar-refractivity contribution in [2.24, 2.45) is 11.8 Å². The summed E-state index contributed by atoms with van der Waals surface area (Å²) in [6, 6.07) is 1.61. The van der Waals surface area contributed by atoms with Crippen molar-refractivity contribution >= 4 is 0 Å². The van der Waals surface area contributed by atoms with Crippen LogP contribution in [0.4, 0.5) is 0 Å².